The maximum absolute atomic E-state index is 5.77. The summed E-state index contributed by atoms with van der Waals surface area (Å²) < 4.78 is 0. The second-order valence-electron chi connectivity index (χ2n) is 4.19. The molecule has 0 aliphatic rings. The highest BCUT2D eigenvalue weighted by Crippen LogP contribution is 2.24. The molecule has 2 aromatic rings. The number of nitrogens with one attached hydrogen (secondary N) is 1. The van der Waals surface area contributed by atoms with E-state index in [-0.39, 0.29) is 6.04 Å². The summed E-state index contributed by atoms with van der Waals surface area (Å²) in [6.45, 7) is 6.46. The van der Waals surface area contributed by atoms with Crippen LogP contribution >= 0.6 is 11.6 Å². The van der Waals surface area contributed by atoms with E-state index in [9.17, 15) is 0 Å². The molecule has 1 unspecified atom stereocenters. The second kappa shape index (κ2) is 5.35. The van der Waals surface area contributed by atoms with Gasteiger partial charge in [-0.3, -0.25) is 0 Å². The molecule has 2 rings (SSSR count). The van der Waals surface area contributed by atoms with Gasteiger partial charge in [0.1, 0.15) is 0 Å². The molecule has 0 saturated heterocycles. The van der Waals surface area contributed by atoms with Gasteiger partial charge in [-0.25, -0.2) is 0 Å². The van der Waals surface area contributed by atoms with Gasteiger partial charge in [0.15, 0.2) is 0 Å². The van der Waals surface area contributed by atoms with Crippen LogP contribution in [0.15, 0.2) is 54.1 Å². The van der Waals surface area contributed by atoms with E-state index in [2.05, 4.69) is 61.3 Å². The van der Waals surface area contributed by atoms with Crippen molar-refractivity contribution in [1.29, 1.82) is 0 Å². The minimum atomic E-state index is 0.261. The first-order chi connectivity index (χ1) is 8.18. The van der Waals surface area contributed by atoms with Gasteiger partial charge in [-0.1, -0.05) is 60.6 Å². The largest absolute Gasteiger partial charge is 0.305 e. The molecule has 17 heavy (non-hydrogen) atoms. The normalized spacial score (nSPS) is 12.6. The predicted octanol–water partition coefficient (Wildman–Crippen LogP) is 4.24. The van der Waals surface area contributed by atoms with Crippen molar-refractivity contribution >= 4 is 22.4 Å². The number of hydrogen-bond donors (Lipinski definition) is 1. The molecule has 2 heteroatoms. The van der Waals surface area contributed by atoms with Crippen molar-refractivity contribution in [3.05, 3.63) is 59.6 Å². The van der Waals surface area contributed by atoms with Gasteiger partial charge in [-0.05, 0) is 23.3 Å². The van der Waals surface area contributed by atoms with Crippen LogP contribution in [0.3, 0.4) is 0 Å². The van der Waals surface area contributed by atoms with E-state index in [1.54, 1.807) is 0 Å². The van der Waals surface area contributed by atoms with E-state index in [1.807, 2.05) is 0 Å². The third kappa shape index (κ3) is 2.87. The summed E-state index contributed by atoms with van der Waals surface area (Å²) in [5.74, 6) is 0. The maximum atomic E-state index is 5.77. The second-order valence-corrected chi connectivity index (χ2v) is 4.72. The van der Waals surface area contributed by atoms with Gasteiger partial charge in [0.05, 0.1) is 0 Å². The molecule has 2 aromatic carbocycles. The van der Waals surface area contributed by atoms with Crippen molar-refractivity contribution in [2.75, 3.05) is 6.54 Å². The smallest absolute Gasteiger partial charge is 0.0313 e. The Bertz CT molecular complexity index is 528. The van der Waals surface area contributed by atoms with Crippen molar-refractivity contribution in [3.63, 3.8) is 0 Å². The quantitative estimate of drug-likeness (QED) is 0.850. The summed E-state index contributed by atoms with van der Waals surface area (Å²) in [6, 6.07) is 15.0. The SMILES string of the molecule is C=C(Cl)CNC(C)c1cccc2ccccc12. The molecule has 0 aliphatic heterocycles. The summed E-state index contributed by atoms with van der Waals surface area (Å²) >= 11 is 5.77. The third-order valence-corrected chi connectivity index (χ3v) is 3.02. The summed E-state index contributed by atoms with van der Waals surface area (Å²) in [5, 5.41) is 6.55. The molecule has 0 amide bonds. The number of rotatable bonds is 4. The molecule has 1 N–H and O–H groups in total. The predicted molar refractivity (Wildman–Crippen MR) is 75.4 cm³/mol. The Labute approximate surface area is 107 Å². The molecule has 0 bridgehead atoms. The summed E-state index contributed by atoms with van der Waals surface area (Å²) in [5.41, 5.74) is 1.29. The van der Waals surface area contributed by atoms with Gasteiger partial charge < -0.3 is 5.32 Å². The van der Waals surface area contributed by atoms with Gasteiger partial charge in [-0.2, -0.15) is 0 Å². The van der Waals surface area contributed by atoms with Crippen LogP contribution in [-0.4, -0.2) is 6.54 Å². The van der Waals surface area contributed by atoms with Crippen molar-refractivity contribution in [2.45, 2.75) is 13.0 Å². The van der Waals surface area contributed by atoms with Gasteiger partial charge in [-0.15, -0.1) is 0 Å². The van der Waals surface area contributed by atoms with Gasteiger partial charge in [0, 0.05) is 17.6 Å². The zero-order valence-corrected chi connectivity index (χ0v) is 10.7. The van der Waals surface area contributed by atoms with Crippen molar-refractivity contribution in [2.24, 2.45) is 0 Å². The monoisotopic (exact) mass is 245 g/mol. The molecular formula is C15H16ClN. The Kier molecular flexibility index (Phi) is 3.82. The Hall–Kier alpha value is -1.31. The fraction of sp³-hybridized carbons (Fsp3) is 0.200. The summed E-state index contributed by atoms with van der Waals surface area (Å²) in [6.07, 6.45) is 0. The molecule has 1 atom stereocenters. The van der Waals surface area contributed by atoms with Crippen LogP contribution in [0.2, 0.25) is 0 Å². The summed E-state index contributed by atoms with van der Waals surface area (Å²) in [4.78, 5) is 0. The topological polar surface area (TPSA) is 12.0 Å². The van der Waals surface area contributed by atoms with E-state index in [4.69, 9.17) is 11.6 Å². The van der Waals surface area contributed by atoms with E-state index in [1.165, 1.54) is 16.3 Å². The maximum Gasteiger partial charge on any atom is 0.0313 e. The van der Waals surface area contributed by atoms with E-state index in [0.29, 0.717) is 11.6 Å². The van der Waals surface area contributed by atoms with Gasteiger partial charge in [0.25, 0.3) is 0 Å². The van der Waals surface area contributed by atoms with E-state index >= 15 is 0 Å². The van der Waals surface area contributed by atoms with Crippen molar-refractivity contribution < 1.29 is 0 Å². The Morgan fingerprint density at radius 1 is 1.24 bits per heavy atom. The van der Waals surface area contributed by atoms with Crippen molar-refractivity contribution in [3.8, 4) is 0 Å². The summed E-state index contributed by atoms with van der Waals surface area (Å²) in [7, 11) is 0. The highest BCUT2D eigenvalue weighted by Gasteiger charge is 2.08. The average Bonchev–Trinajstić information content (AvgIpc) is 2.35. The first-order valence-electron chi connectivity index (χ1n) is 5.73. The lowest BCUT2D eigenvalue weighted by atomic mass is 10.00. The lowest BCUT2D eigenvalue weighted by Crippen LogP contribution is -2.19. The molecule has 0 heterocycles. The van der Waals surface area contributed by atoms with Crippen LogP contribution in [0.5, 0.6) is 0 Å². The molecule has 0 aromatic heterocycles. The van der Waals surface area contributed by atoms with Crippen molar-refractivity contribution in [1.82, 2.24) is 5.32 Å². The molecule has 0 saturated carbocycles. The van der Waals surface area contributed by atoms with E-state index in [0.717, 1.165) is 0 Å². The van der Waals surface area contributed by atoms with Crippen LogP contribution in [-0.2, 0) is 0 Å². The molecule has 0 radical (unpaired) electrons. The van der Waals surface area contributed by atoms with Crippen LogP contribution in [0.4, 0.5) is 0 Å². The standard InChI is InChI=1S/C15H16ClN/c1-11(16)10-17-12(2)14-9-5-7-13-6-3-4-8-15(13)14/h3-9,12,17H,1,10H2,2H3. The lowest BCUT2D eigenvalue weighted by Gasteiger charge is -2.16. The third-order valence-electron chi connectivity index (χ3n) is 2.89. The molecule has 0 aliphatic carbocycles. The Morgan fingerprint density at radius 3 is 2.71 bits per heavy atom. The average molecular weight is 246 g/mol. The van der Waals surface area contributed by atoms with Gasteiger partial charge >= 0.3 is 0 Å². The zero-order chi connectivity index (χ0) is 12.3. The first kappa shape index (κ1) is 12.2. The Morgan fingerprint density at radius 2 is 1.94 bits per heavy atom. The molecule has 88 valence electrons. The van der Waals surface area contributed by atoms with Crippen LogP contribution in [0.25, 0.3) is 10.8 Å². The van der Waals surface area contributed by atoms with E-state index < -0.39 is 0 Å². The molecule has 0 fully saturated rings. The van der Waals surface area contributed by atoms with Gasteiger partial charge in [0.2, 0.25) is 0 Å². The minimum Gasteiger partial charge on any atom is -0.305 e. The highest BCUT2D eigenvalue weighted by atomic mass is 35.5. The van der Waals surface area contributed by atoms with Crippen LogP contribution in [0, 0.1) is 0 Å². The lowest BCUT2D eigenvalue weighted by molar-refractivity contribution is 0.619. The minimum absolute atomic E-state index is 0.261. The van der Waals surface area contributed by atoms with Crippen LogP contribution in [0.1, 0.15) is 18.5 Å². The fourth-order valence-corrected chi connectivity index (χ4v) is 2.08. The number of hydrogen-bond acceptors (Lipinski definition) is 1. The van der Waals surface area contributed by atoms with Crippen LogP contribution < -0.4 is 5.32 Å². The highest BCUT2D eigenvalue weighted by molar-refractivity contribution is 6.29. The number of fused-ring (bicyclic) bond motifs is 1. The number of benzene rings is 2. The zero-order valence-electron chi connectivity index (χ0n) is 9.91. The molecular weight excluding hydrogens is 230 g/mol. The molecule has 0 spiro atoms. The molecule has 1 nitrogen and oxygen atoms in total. The first-order valence-corrected chi connectivity index (χ1v) is 6.10. The fourth-order valence-electron chi connectivity index (χ4n) is 2.00. The number of halogens is 1. The Balaban J connectivity index is 2.31.